The smallest absolute Gasteiger partial charge is 0.129 e. The summed E-state index contributed by atoms with van der Waals surface area (Å²) < 4.78 is 6.14. The number of fused-ring (bicyclic) bond motifs is 1. The average Bonchev–Trinajstić information content (AvgIpc) is 2.92. The number of hydrogen-bond acceptors (Lipinski definition) is 2. The van der Waals surface area contributed by atoms with Crippen LogP contribution in [-0.2, 0) is 6.61 Å². The first-order valence-corrected chi connectivity index (χ1v) is 7.81. The molecule has 4 rings (SSSR count). The van der Waals surface area contributed by atoms with Gasteiger partial charge in [0.15, 0.2) is 0 Å². The minimum absolute atomic E-state index is 0.592. The number of benzene rings is 2. The summed E-state index contributed by atoms with van der Waals surface area (Å²) in [5.74, 6) is 1.57. The van der Waals surface area contributed by atoms with E-state index in [2.05, 4.69) is 47.7 Å². The molecule has 3 heteroatoms. The average molecular weight is 292 g/mol. The number of ether oxygens (including phenoxy) is 1. The maximum absolute atomic E-state index is 6.14. The largest absolute Gasteiger partial charge is 0.488 e. The molecule has 1 aromatic heterocycles. The maximum atomic E-state index is 6.14. The highest BCUT2D eigenvalue weighted by Gasteiger charge is 2.24. The van der Waals surface area contributed by atoms with E-state index in [1.54, 1.807) is 0 Å². The molecule has 3 nitrogen and oxygen atoms in total. The molecule has 0 atom stereocenters. The van der Waals surface area contributed by atoms with Crippen LogP contribution in [0.5, 0.6) is 5.75 Å². The van der Waals surface area contributed by atoms with Gasteiger partial charge in [0.2, 0.25) is 0 Å². The molecule has 0 unspecified atom stereocenters. The summed E-state index contributed by atoms with van der Waals surface area (Å²) in [7, 11) is 0. The van der Waals surface area contributed by atoms with Gasteiger partial charge in [-0.3, -0.25) is 0 Å². The van der Waals surface area contributed by atoms with Crippen molar-refractivity contribution in [3.8, 4) is 5.75 Å². The van der Waals surface area contributed by atoms with E-state index < -0.39 is 0 Å². The highest BCUT2D eigenvalue weighted by Crippen LogP contribution is 2.36. The minimum atomic E-state index is 0.592. The minimum Gasteiger partial charge on any atom is -0.488 e. The quantitative estimate of drug-likeness (QED) is 0.768. The number of aromatic amines is 1. The summed E-state index contributed by atoms with van der Waals surface area (Å²) in [6, 6.07) is 14.5. The predicted molar refractivity (Wildman–Crippen MR) is 89.4 cm³/mol. The van der Waals surface area contributed by atoms with Gasteiger partial charge in [0.1, 0.15) is 12.4 Å². The van der Waals surface area contributed by atoms with Gasteiger partial charge < -0.3 is 15.0 Å². The lowest BCUT2D eigenvalue weighted by Crippen LogP contribution is -2.39. The number of hydrogen-bond donors (Lipinski definition) is 2. The zero-order valence-corrected chi connectivity index (χ0v) is 12.7. The van der Waals surface area contributed by atoms with Crippen LogP contribution in [0.25, 0.3) is 10.9 Å². The molecule has 2 N–H and O–H groups in total. The first kappa shape index (κ1) is 13.4. The van der Waals surface area contributed by atoms with E-state index in [0.29, 0.717) is 12.5 Å². The van der Waals surface area contributed by atoms with Crippen LogP contribution in [0, 0.1) is 6.92 Å². The van der Waals surface area contributed by atoms with Crippen molar-refractivity contribution in [2.75, 3.05) is 13.1 Å². The number of H-pyrrole nitrogens is 1. The number of aromatic nitrogens is 1. The Balaban J connectivity index is 1.70. The molecule has 0 spiro atoms. The standard InChI is InChI=1S/C19H20N2O/c1-13-7-8-17(22-12-14-5-3-2-4-6-14)18-16(11-21-19(13)18)15-9-20-10-15/h2-8,11,15,20-21H,9-10,12H2,1H3. The topological polar surface area (TPSA) is 37.0 Å². The summed E-state index contributed by atoms with van der Waals surface area (Å²) in [6.07, 6.45) is 2.15. The van der Waals surface area contributed by atoms with Crippen molar-refractivity contribution in [1.82, 2.24) is 10.3 Å². The lowest BCUT2D eigenvalue weighted by Gasteiger charge is -2.27. The Morgan fingerprint density at radius 1 is 1.09 bits per heavy atom. The van der Waals surface area contributed by atoms with Gasteiger partial charge in [-0.1, -0.05) is 36.4 Å². The molecule has 1 aliphatic rings. The number of aryl methyl sites for hydroxylation is 1. The molecule has 112 valence electrons. The Morgan fingerprint density at radius 2 is 1.91 bits per heavy atom. The van der Waals surface area contributed by atoms with Crippen LogP contribution < -0.4 is 10.1 Å². The molecule has 2 heterocycles. The number of rotatable bonds is 4. The van der Waals surface area contributed by atoms with E-state index >= 15 is 0 Å². The van der Waals surface area contributed by atoms with E-state index in [-0.39, 0.29) is 0 Å². The molecule has 1 saturated heterocycles. The molecule has 3 aromatic rings. The fraction of sp³-hybridized carbons (Fsp3) is 0.263. The molecule has 0 bridgehead atoms. The van der Waals surface area contributed by atoms with Gasteiger partial charge in [0.05, 0.1) is 5.52 Å². The Bertz CT molecular complexity index is 788. The van der Waals surface area contributed by atoms with Crippen LogP contribution in [0.4, 0.5) is 0 Å². The third kappa shape index (κ3) is 2.28. The van der Waals surface area contributed by atoms with Crippen LogP contribution in [-0.4, -0.2) is 18.1 Å². The van der Waals surface area contributed by atoms with Gasteiger partial charge in [0.25, 0.3) is 0 Å². The second-order valence-electron chi connectivity index (χ2n) is 6.00. The number of nitrogens with one attached hydrogen (secondary N) is 2. The summed E-state index contributed by atoms with van der Waals surface area (Å²) in [5.41, 5.74) is 5.03. The normalized spacial score (nSPS) is 15.0. The Hall–Kier alpha value is -2.26. The van der Waals surface area contributed by atoms with E-state index in [1.165, 1.54) is 27.6 Å². The van der Waals surface area contributed by atoms with Gasteiger partial charge in [-0.05, 0) is 29.7 Å². The molecule has 0 saturated carbocycles. The van der Waals surface area contributed by atoms with Crippen LogP contribution in [0.2, 0.25) is 0 Å². The summed E-state index contributed by atoms with van der Waals surface area (Å²) in [4.78, 5) is 3.44. The molecule has 0 radical (unpaired) electrons. The van der Waals surface area contributed by atoms with Gasteiger partial charge >= 0.3 is 0 Å². The van der Waals surface area contributed by atoms with Crippen molar-refractivity contribution in [3.63, 3.8) is 0 Å². The second-order valence-corrected chi connectivity index (χ2v) is 6.00. The molecule has 2 aromatic carbocycles. The molecule has 22 heavy (non-hydrogen) atoms. The second kappa shape index (κ2) is 5.50. The molecule has 0 aliphatic carbocycles. The fourth-order valence-corrected chi connectivity index (χ4v) is 3.07. The van der Waals surface area contributed by atoms with Crippen molar-refractivity contribution in [2.45, 2.75) is 19.4 Å². The predicted octanol–water partition coefficient (Wildman–Crippen LogP) is 3.74. The third-order valence-corrected chi connectivity index (χ3v) is 4.49. The molecule has 0 amide bonds. The summed E-state index contributed by atoms with van der Waals surface area (Å²) in [6.45, 7) is 4.85. The summed E-state index contributed by atoms with van der Waals surface area (Å²) in [5, 5.41) is 4.60. The zero-order valence-electron chi connectivity index (χ0n) is 12.7. The van der Waals surface area contributed by atoms with Crippen molar-refractivity contribution in [3.05, 3.63) is 65.4 Å². The molecule has 1 fully saturated rings. The lowest BCUT2D eigenvalue weighted by atomic mass is 9.92. The van der Waals surface area contributed by atoms with Crippen molar-refractivity contribution in [2.24, 2.45) is 0 Å². The van der Waals surface area contributed by atoms with Crippen LogP contribution in [0.3, 0.4) is 0 Å². The van der Waals surface area contributed by atoms with E-state index in [4.69, 9.17) is 4.74 Å². The first-order valence-electron chi connectivity index (χ1n) is 7.81. The Morgan fingerprint density at radius 3 is 2.64 bits per heavy atom. The highest BCUT2D eigenvalue weighted by molar-refractivity contribution is 5.92. The Kier molecular flexibility index (Phi) is 3.35. The Labute approximate surface area is 130 Å². The van der Waals surface area contributed by atoms with Gasteiger partial charge in [-0.15, -0.1) is 0 Å². The first-order chi connectivity index (χ1) is 10.8. The van der Waals surface area contributed by atoms with Gasteiger partial charge in [0, 0.05) is 30.6 Å². The van der Waals surface area contributed by atoms with Crippen molar-refractivity contribution >= 4 is 10.9 Å². The third-order valence-electron chi connectivity index (χ3n) is 4.49. The molecule has 1 aliphatic heterocycles. The van der Waals surface area contributed by atoms with Gasteiger partial charge in [-0.2, -0.15) is 0 Å². The maximum Gasteiger partial charge on any atom is 0.129 e. The van der Waals surface area contributed by atoms with E-state index in [1.807, 2.05) is 18.2 Å². The van der Waals surface area contributed by atoms with Crippen LogP contribution in [0.15, 0.2) is 48.7 Å². The van der Waals surface area contributed by atoms with E-state index in [0.717, 1.165) is 18.8 Å². The van der Waals surface area contributed by atoms with Crippen LogP contribution >= 0.6 is 0 Å². The lowest BCUT2D eigenvalue weighted by molar-refractivity contribution is 0.309. The highest BCUT2D eigenvalue weighted by atomic mass is 16.5. The SMILES string of the molecule is Cc1ccc(OCc2ccccc2)c2c(C3CNC3)c[nH]c12. The molecular weight excluding hydrogens is 272 g/mol. The van der Waals surface area contributed by atoms with Crippen LogP contribution in [0.1, 0.15) is 22.6 Å². The van der Waals surface area contributed by atoms with E-state index in [9.17, 15) is 0 Å². The van der Waals surface area contributed by atoms with Crippen molar-refractivity contribution in [1.29, 1.82) is 0 Å². The monoisotopic (exact) mass is 292 g/mol. The molecular formula is C19H20N2O. The zero-order chi connectivity index (χ0) is 14.9. The van der Waals surface area contributed by atoms with Gasteiger partial charge in [-0.25, -0.2) is 0 Å². The summed E-state index contributed by atoms with van der Waals surface area (Å²) >= 11 is 0. The fourth-order valence-electron chi connectivity index (χ4n) is 3.07. The van der Waals surface area contributed by atoms with Crippen molar-refractivity contribution < 1.29 is 4.74 Å².